The number of fused-ring (bicyclic) bond motifs is 2. The van der Waals surface area contributed by atoms with Gasteiger partial charge in [0.2, 0.25) is 10.0 Å². The summed E-state index contributed by atoms with van der Waals surface area (Å²) in [7, 11) is -3.26. The number of halogens is 1. The molecule has 2 bridgehead atoms. The van der Waals surface area contributed by atoms with Crippen molar-refractivity contribution >= 4 is 10.0 Å². The van der Waals surface area contributed by atoms with Gasteiger partial charge >= 0.3 is 0 Å². The van der Waals surface area contributed by atoms with Crippen molar-refractivity contribution in [2.45, 2.75) is 31.4 Å². The molecule has 3 atom stereocenters. The standard InChI is InChI=1S/C9H16FNO3S/c10-4-9(12)5-11-8-2-1-7(3-8)6-15(11,13)14/h7-9,12H,1-6H2. The average Bonchev–Trinajstić information content (AvgIpc) is 2.56. The van der Waals surface area contributed by atoms with Crippen LogP contribution in [0.4, 0.5) is 4.39 Å². The Hall–Kier alpha value is -0.200. The maximum Gasteiger partial charge on any atom is 0.214 e. The third-order valence-corrected chi connectivity index (χ3v) is 5.35. The van der Waals surface area contributed by atoms with Gasteiger partial charge in [-0.05, 0) is 25.2 Å². The molecular weight excluding hydrogens is 221 g/mol. The van der Waals surface area contributed by atoms with E-state index in [2.05, 4.69) is 0 Å². The summed E-state index contributed by atoms with van der Waals surface area (Å²) in [5.74, 6) is 0.446. The zero-order valence-corrected chi connectivity index (χ0v) is 9.29. The summed E-state index contributed by atoms with van der Waals surface area (Å²) in [6, 6.07) is -0.00468. The summed E-state index contributed by atoms with van der Waals surface area (Å²) in [4.78, 5) is 0. The van der Waals surface area contributed by atoms with Crippen LogP contribution in [0.1, 0.15) is 19.3 Å². The lowest BCUT2D eigenvalue weighted by Crippen LogP contribution is -2.48. The van der Waals surface area contributed by atoms with Gasteiger partial charge in [0.05, 0.1) is 11.9 Å². The molecule has 1 aliphatic heterocycles. The van der Waals surface area contributed by atoms with Crippen molar-refractivity contribution < 1.29 is 17.9 Å². The second-order valence-electron chi connectivity index (χ2n) is 4.49. The van der Waals surface area contributed by atoms with Gasteiger partial charge in [0.25, 0.3) is 0 Å². The van der Waals surface area contributed by atoms with Crippen molar-refractivity contribution in [1.29, 1.82) is 0 Å². The molecule has 0 aromatic rings. The van der Waals surface area contributed by atoms with Crippen molar-refractivity contribution in [3.05, 3.63) is 0 Å². The Balaban J connectivity index is 2.13. The maximum absolute atomic E-state index is 12.2. The number of hydrogen-bond acceptors (Lipinski definition) is 3. The highest BCUT2D eigenvalue weighted by Crippen LogP contribution is 2.37. The summed E-state index contributed by atoms with van der Waals surface area (Å²) in [6.07, 6.45) is 1.48. The summed E-state index contributed by atoms with van der Waals surface area (Å²) in [5, 5.41) is 9.19. The molecule has 1 heterocycles. The number of rotatable bonds is 3. The molecule has 2 rings (SSSR count). The van der Waals surface area contributed by atoms with E-state index in [1.54, 1.807) is 0 Å². The minimum atomic E-state index is -3.26. The van der Waals surface area contributed by atoms with Gasteiger partial charge in [0, 0.05) is 12.6 Å². The second kappa shape index (κ2) is 3.99. The third-order valence-electron chi connectivity index (χ3n) is 3.29. The predicted molar refractivity (Wildman–Crippen MR) is 53.6 cm³/mol. The molecular formula is C9H16FNO3S. The van der Waals surface area contributed by atoms with Crippen LogP contribution < -0.4 is 0 Å². The monoisotopic (exact) mass is 237 g/mol. The van der Waals surface area contributed by atoms with E-state index in [-0.39, 0.29) is 24.3 Å². The number of hydrogen-bond donors (Lipinski definition) is 1. The lowest BCUT2D eigenvalue weighted by molar-refractivity contribution is 0.104. The molecule has 0 radical (unpaired) electrons. The maximum atomic E-state index is 12.2. The molecule has 6 heteroatoms. The number of β-amino-alcohol motifs (C(OH)–C–C–N with tert-alkyl or cyclic N) is 1. The Morgan fingerprint density at radius 1 is 1.47 bits per heavy atom. The predicted octanol–water partition coefficient (Wildman–Crippen LogP) is 0.131. The number of sulfonamides is 1. The minimum absolute atomic E-state index is 0.00468. The highest BCUT2D eigenvalue weighted by Gasteiger charge is 2.43. The number of aliphatic hydroxyl groups is 1. The Morgan fingerprint density at radius 3 is 2.87 bits per heavy atom. The molecule has 1 aliphatic carbocycles. The fourth-order valence-corrected chi connectivity index (χ4v) is 4.74. The smallest absolute Gasteiger partial charge is 0.214 e. The first-order valence-electron chi connectivity index (χ1n) is 5.26. The van der Waals surface area contributed by atoms with Crippen LogP contribution in [0.5, 0.6) is 0 Å². The fourth-order valence-electron chi connectivity index (χ4n) is 2.60. The molecule has 0 aromatic carbocycles. The van der Waals surface area contributed by atoms with E-state index in [4.69, 9.17) is 0 Å². The summed E-state index contributed by atoms with van der Waals surface area (Å²) in [5.41, 5.74) is 0. The van der Waals surface area contributed by atoms with Crippen molar-refractivity contribution in [2.24, 2.45) is 5.92 Å². The molecule has 0 spiro atoms. The van der Waals surface area contributed by atoms with E-state index >= 15 is 0 Å². The number of aliphatic hydroxyl groups excluding tert-OH is 1. The Bertz CT molecular complexity index is 332. The molecule has 0 amide bonds. The zero-order valence-electron chi connectivity index (χ0n) is 8.47. The van der Waals surface area contributed by atoms with Gasteiger partial charge in [-0.15, -0.1) is 0 Å². The first-order valence-corrected chi connectivity index (χ1v) is 6.87. The first kappa shape index (κ1) is 11.3. The highest BCUT2D eigenvalue weighted by atomic mass is 32.2. The summed E-state index contributed by atoms with van der Waals surface area (Å²) < 4.78 is 37.0. The van der Waals surface area contributed by atoms with E-state index < -0.39 is 22.8 Å². The van der Waals surface area contributed by atoms with E-state index in [1.165, 1.54) is 4.31 Å². The largest absolute Gasteiger partial charge is 0.389 e. The number of nitrogens with zero attached hydrogens (tertiary/aromatic N) is 1. The van der Waals surface area contributed by atoms with Crippen LogP contribution in [0.3, 0.4) is 0 Å². The lowest BCUT2D eigenvalue weighted by Gasteiger charge is -2.33. The molecule has 1 N–H and O–H groups in total. The summed E-state index contributed by atoms with van der Waals surface area (Å²) >= 11 is 0. The molecule has 0 aromatic heterocycles. The van der Waals surface area contributed by atoms with Crippen LogP contribution in [0.2, 0.25) is 0 Å². The van der Waals surface area contributed by atoms with Crippen LogP contribution >= 0.6 is 0 Å². The van der Waals surface area contributed by atoms with Crippen LogP contribution in [-0.2, 0) is 10.0 Å². The van der Waals surface area contributed by atoms with Crippen molar-refractivity contribution in [1.82, 2.24) is 4.31 Å². The molecule has 2 fully saturated rings. The van der Waals surface area contributed by atoms with Crippen molar-refractivity contribution in [3.8, 4) is 0 Å². The lowest BCUT2D eigenvalue weighted by atomic mass is 10.1. The summed E-state index contributed by atoms with van der Waals surface area (Å²) in [6.45, 7) is -0.974. The second-order valence-corrected chi connectivity index (χ2v) is 6.46. The molecule has 88 valence electrons. The van der Waals surface area contributed by atoms with E-state index in [1.807, 2.05) is 0 Å². The van der Waals surface area contributed by atoms with Crippen LogP contribution in [0, 0.1) is 5.92 Å². The Labute approximate surface area is 89.1 Å². The van der Waals surface area contributed by atoms with Gasteiger partial charge in [-0.3, -0.25) is 0 Å². The third kappa shape index (κ3) is 2.16. The Morgan fingerprint density at radius 2 is 2.20 bits per heavy atom. The first-order chi connectivity index (χ1) is 7.03. The van der Waals surface area contributed by atoms with Gasteiger partial charge in [-0.25, -0.2) is 12.8 Å². The zero-order chi connectivity index (χ0) is 11.1. The SMILES string of the molecule is O=S1(=O)CC2CCC(C2)N1CC(O)CF. The molecule has 2 aliphatic rings. The molecule has 1 saturated heterocycles. The molecule has 3 unspecified atom stereocenters. The highest BCUT2D eigenvalue weighted by molar-refractivity contribution is 7.89. The molecule has 4 nitrogen and oxygen atoms in total. The fraction of sp³-hybridized carbons (Fsp3) is 1.00. The van der Waals surface area contributed by atoms with Crippen LogP contribution in [0.15, 0.2) is 0 Å². The number of alkyl halides is 1. The van der Waals surface area contributed by atoms with Gasteiger partial charge < -0.3 is 5.11 Å². The topological polar surface area (TPSA) is 57.6 Å². The van der Waals surface area contributed by atoms with Crippen molar-refractivity contribution in [3.63, 3.8) is 0 Å². The van der Waals surface area contributed by atoms with Crippen LogP contribution in [-0.4, -0.2) is 48.9 Å². The Kier molecular flexibility index (Phi) is 3.00. The van der Waals surface area contributed by atoms with E-state index in [9.17, 15) is 17.9 Å². The average molecular weight is 237 g/mol. The molecule has 15 heavy (non-hydrogen) atoms. The normalized spacial score (nSPS) is 36.7. The molecule has 1 saturated carbocycles. The quantitative estimate of drug-likeness (QED) is 0.759. The van der Waals surface area contributed by atoms with E-state index in [0.29, 0.717) is 0 Å². The van der Waals surface area contributed by atoms with Crippen LogP contribution in [0.25, 0.3) is 0 Å². The van der Waals surface area contributed by atoms with Gasteiger partial charge in [0.15, 0.2) is 0 Å². The van der Waals surface area contributed by atoms with Gasteiger partial charge in [-0.2, -0.15) is 4.31 Å². The van der Waals surface area contributed by atoms with Gasteiger partial charge in [0.1, 0.15) is 6.67 Å². The minimum Gasteiger partial charge on any atom is -0.389 e. The van der Waals surface area contributed by atoms with Crippen molar-refractivity contribution in [2.75, 3.05) is 19.0 Å². The van der Waals surface area contributed by atoms with Gasteiger partial charge in [-0.1, -0.05) is 0 Å². The van der Waals surface area contributed by atoms with E-state index in [0.717, 1.165) is 19.3 Å².